The second-order valence-electron chi connectivity index (χ2n) is 5.58. The van der Waals surface area contributed by atoms with Crippen molar-refractivity contribution in [3.05, 3.63) is 75.5 Å². The van der Waals surface area contributed by atoms with E-state index in [4.69, 9.17) is 11.6 Å². The number of halogens is 2. The molecule has 2 atom stereocenters. The smallest absolute Gasteiger partial charge is 0.222 e. The van der Waals surface area contributed by atoms with Crippen molar-refractivity contribution in [2.45, 2.75) is 18.5 Å². The van der Waals surface area contributed by atoms with Gasteiger partial charge in [0, 0.05) is 9.50 Å². The summed E-state index contributed by atoms with van der Waals surface area (Å²) in [5.74, 6) is 0.795. The van der Waals surface area contributed by atoms with E-state index >= 15 is 0 Å². The Bertz CT molecular complexity index is 813. The summed E-state index contributed by atoms with van der Waals surface area (Å²) in [7, 11) is 0. The number of aromatic nitrogens is 3. The first-order valence-corrected chi connectivity index (χ1v) is 8.55. The number of fused-ring (bicyclic) bond motifs is 1. The molecule has 0 spiro atoms. The summed E-state index contributed by atoms with van der Waals surface area (Å²) >= 11 is 9.49. The fourth-order valence-electron chi connectivity index (χ4n) is 3.00. The van der Waals surface area contributed by atoms with Gasteiger partial charge < -0.3 is 5.32 Å². The first-order chi connectivity index (χ1) is 11.2. The van der Waals surface area contributed by atoms with Crippen LogP contribution in [-0.4, -0.2) is 14.8 Å². The van der Waals surface area contributed by atoms with E-state index in [0.29, 0.717) is 0 Å². The Morgan fingerprint density at radius 3 is 2.48 bits per heavy atom. The highest BCUT2D eigenvalue weighted by molar-refractivity contribution is 9.10. The van der Waals surface area contributed by atoms with Crippen LogP contribution in [0.1, 0.15) is 29.6 Å². The van der Waals surface area contributed by atoms with Gasteiger partial charge in [0.2, 0.25) is 5.95 Å². The number of hydrogen-bond donors (Lipinski definition) is 1. The van der Waals surface area contributed by atoms with Crippen LogP contribution in [0.3, 0.4) is 0 Å². The molecular formula is C17H14BrClN4. The molecule has 0 saturated carbocycles. The number of hydrogen-bond acceptors (Lipinski definition) is 3. The fraction of sp³-hybridized carbons (Fsp3) is 0.176. The molecule has 0 unspecified atom stereocenters. The van der Waals surface area contributed by atoms with Gasteiger partial charge in [0.1, 0.15) is 6.33 Å². The van der Waals surface area contributed by atoms with Gasteiger partial charge in [-0.25, -0.2) is 4.68 Å². The molecule has 1 N–H and O–H groups in total. The quantitative estimate of drug-likeness (QED) is 0.682. The highest BCUT2D eigenvalue weighted by Crippen LogP contribution is 2.37. The standard InChI is InChI=1S/C17H14BrClN4/c18-13-5-1-12(2-6-13)16-9-15(11-3-7-14(19)8-4-11)22-17-20-10-21-23(16)17/h1-8,10,15-16H,9H2,(H,20,21,22)/t15-,16+/m0/s1. The molecule has 3 aromatic rings. The van der Waals surface area contributed by atoms with E-state index < -0.39 is 0 Å². The number of benzene rings is 2. The predicted octanol–water partition coefficient (Wildman–Crippen LogP) is 4.84. The molecule has 0 radical (unpaired) electrons. The lowest BCUT2D eigenvalue weighted by Crippen LogP contribution is -2.28. The van der Waals surface area contributed by atoms with Crippen LogP contribution in [0.25, 0.3) is 0 Å². The first kappa shape index (κ1) is 14.7. The summed E-state index contributed by atoms with van der Waals surface area (Å²) in [6.07, 6.45) is 2.50. The topological polar surface area (TPSA) is 42.7 Å². The second-order valence-corrected chi connectivity index (χ2v) is 6.93. The molecule has 2 heterocycles. The molecule has 116 valence electrons. The van der Waals surface area contributed by atoms with Gasteiger partial charge in [-0.15, -0.1) is 0 Å². The third-order valence-corrected chi connectivity index (χ3v) is 4.94. The van der Waals surface area contributed by atoms with Crippen molar-refractivity contribution in [3.63, 3.8) is 0 Å². The van der Waals surface area contributed by atoms with Crippen molar-refractivity contribution in [2.24, 2.45) is 0 Å². The van der Waals surface area contributed by atoms with Crippen molar-refractivity contribution in [2.75, 3.05) is 5.32 Å². The number of nitrogens with one attached hydrogen (secondary N) is 1. The molecule has 4 nitrogen and oxygen atoms in total. The van der Waals surface area contributed by atoms with Crippen molar-refractivity contribution < 1.29 is 0 Å². The third-order valence-electron chi connectivity index (χ3n) is 4.16. The van der Waals surface area contributed by atoms with E-state index in [2.05, 4.69) is 67.7 Å². The van der Waals surface area contributed by atoms with Gasteiger partial charge in [-0.1, -0.05) is 51.8 Å². The maximum absolute atomic E-state index is 6.00. The number of rotatable bonds is 2. The average molecular weight is 390 g/mol. The van der Waals surface area contributed by atoms with Crippen LogP contribution in [0.5, 0.6) is 0 Å². The molecule has 1 aliphatic heterocycles. The van der Waals surface area contributed by atoms with E-state index in [-0.39, 0.29) is 12.1 Å². The Kier molecular flexibility index (Phi) is 3.83. The Balaban J connectivity index is 1.71. The van der Waals surface area contributed by atoms with E-state index in [9.17, 15) is 0 Å². The fourth-order valence-corrected chi connectivity index (χ4v) is 3.39. The molecule has 0 amide bonds. The molecule has 0 aliphatic carbocycles. The first-order valence-electron chi connectivity index (χ1n) is 7.38. The molecule has 0 fully saturated rings. The predicted molar refractivity (Wildman–Crippen MR) is 94.7 cm³/mol. The van der Waals surface area contributed by atoms with Gasteiger partial charge in [0.05, 0.1) is 12.1 Å². The number of nitrogens with zero attached hydrogens (tertiary/aromatic N) is 3. The monoisotopic (exact) mass is 388 g/mol. The minimum Gasteiger partial charge on any atom is -0.348 e. The van der Waals surface area contributed by atoms with Crippen LogP contribution in [-0.2, 0) is 0 Å². The van der Waals surface area contributed by atoms with Crippen LogP contribution < -0.4 is 5.32 Å². The summed E-state index contributed by atoms with van der Waals surface area (Å²) in [5, 5.41) is 8.60. The third kappa shape index (κ3) is 2.86. The zero-order valence-electron chi connectivity index (χ0n) is 12.2. The Morgan fingerprint density at radius 1 is 1.04 bits per heavy atom. The Hall–Kier alpha value is -1.85. The molecule has 1 aromatic heterocycles. The molecule has 0 saturated heterocycles. The van der Waals surface area contributed by atoms with Crippen molar-refractivity contribution in [1.82, 2.24) is 14.8 Å². The Labute approximate surface area is 147 Å². The van der Waals surface area contributed by atoms with Crippen molar-refractivity contribution >= 4 is 33.5 Å². The molecule has 4 rings (SSSR count). The molecule has 2 aromatic carbocycles. The van der Waals surface area contributed by atoms with E-state index in [1.54, 1.807) is 6.33 Å². The van der Waals surface area contributed by atoms with E-state index in [1.165, 1.54) is 11.1 Å². The van der Waals surface area contributed by atoms with Crippen LogP contribution in [0.4, 0.5) is 5.95 Å². The van der Waals surface area contributed by atoms with Crippen LogP contribution in [0.15, 0.2) is 59.3 Å². The zero-order valence-corrected chi connectivity index (χ0v) is 14.5. The van der Waals surface area contributed by atoms with Gasteiger partial charge in [-0.05, 0) is 41.8 Å². The van der Waals surface area contributed by atoms with E-state index in [1.807, 2.05) is 16.8 Å². The minimum atomic E-state index is 0.155. The van der Waals surface area contributed by atoms with Crippen LogP contribution >= 0.6 is 27.5 Å². The van der Waals surface area contributed by atoms with Gasteiger partial charge in [-0.3, -0.25) is 0 Å². The minimum absolute atomic E-state index is 0.155. The SMILES string of the molecule is Clc1ccc([C@@H]2C[C@H](c3ccc(Br)cc3)n3ncnc3N2)cc1. The second kappa shape index (κ2) is 5.98. The zero-order chi connectivity index (χ0) is 15.8. The lowest BCUT2D eigenvalue weighted by atomic mass is 9.93. The summed E-state index contributed by atoms with van der Waals surface area (Å²) < 4.78 is 3.03. The summed E-state index contributed by atoms with van der Waals surface area (Å²) in [6.45, 7) is 0. The Morgan fingerprint density at radius 2 is 1.74 bits per heavy atom. The van der Waals surface area contributed by atoms with Crippen molar-refractivity contribution in [3.8, 4) is 0 Å². The highest BCUT2D eigenvalue weighted by Gasteiger charge is 2.29. The normalized spacial score (nSPS) is 19.9. The summed E-state index contributed by atoms with van der Waals surface area (Å²) in [6, 6.07) is 16.7. The lowest BCUT2D eigenvalue weighted by molar-refractivity contribution is 0.431. The lowest BCUT2D eigenvalue weighted by Gasteiger charge is -2.31. The van der Waals surface area contributed by atoms with E-state index in [0.717, 1.165) is 21.9 Å². The number of anilines is 1. The summed E-state index contributed by atoms with van der Waals surface area (Å²) in [4.78, 5) is 4.35. The van der Waals surface area contributed by atoms with Gasteiger partial charge in [0.25, 0.3) is 0 Å². The molecule has 1 aliphatic rings. The maximum atomic E-state index is 6.00. The van der Waals surface area contributed by atoms with Crippen LogP contribution in [0, 0.1) is 0 Å². The molecular weight excluding hydrogens is 376 g/mol. The molecule has 6 heteroatoms. The van der Waals surface area contributed by atoms with Gasteiger partial charge >= 0.3 is 0 Å². The van der Waals surface area contributed by atoms with Gasteiger partial charge in [-0.2, -0.15) is 10.1 Å². The largest absolute Gasteiger partial charge is 0.348 e. The summed E-state index contributed by atoms with van der Waals surface area (Å²) in [5.41, 5.74) is 2.42. The van der Waals surface area contributed by atoms with Gasteiger partial charge in [0.15, 0.2) is 0 Å². The maximum Gasteiger partial charge on any atom is 0.222 e. The highest BCUT2D eigenvalue weighted by atomic mass is 79.9. The molecule has 0 bridgehead atoms. The average Bonchev–Trinajstić information content (AvgIpc) is 3.04. The van der Waals surface area contributed by atoms with Crippen LogP contribution in [0.2, 0.25) is 5.02 Å². The molecule has 23 heavy (non-hydrogen) atoms. The van der Waals surface area contributed by atoms with Crippen molar-refractivity contribution in [1.29, 1.82) is 0 Å².